The Hall–Kier alpha value is -1.04. The van der Waals surface area contributed by atoms with Crippen molar-refractivity contribution in [3.05, 3.63) is 24.3 Å². The molecule has 0 aliphatic carbocycles. The fourth-order valence-electron chi connectivity index (χ4n) is 3.15. The molecule has 0 aromatic heterocycles. The van der Waals surface area contributed by atoms with E-state index in [0.717, 1.165) is 6.54 Å². The highest BCUT2D eigenvalue weighted by Gasteiger charge is 2.30. The normalized spacial score (nSPS) is 21.7. The maximum Gasteiger partial charge on any atom is 0.243 e. The van der Waals surface area contributed by atoms with Crippen LogP contribution in [0.15, 0.2) is 34.1 Å². The van der Waals surface area contributed by atoms with Crippen molar-refractivity contribution in [1.82, 2.24) is 13.5 Å². The molecule has 1 aromatic rings. The van der Waals surface area contributed by atoms with Crippen molar-refractivity contribution in [3.63, 3.8) is 0 Å². The summed E-state index contributed by atoms with van der Waals surface area (Å²) in [5.41, 5.74) is 0. The molecule has 2 saturated heterocycles. The standard InChI is InChI=1S/C16H25N3O5S2/c1-2-17-7-9-18(10-8-17)25(20,21)15-3-5-16(6-4-15)26(22,23)19-11-13-24-14-12-19/h3-6H,2,7-14H2,1H3. The van der Waals surface area contributed by atoms with Gasteiger partial charge in [0.15, 0.2) is 0 Å². The third-order valence-electron chi connectivity index (χ3n) is 4.85. The van der Waals surface area contributed by atoms with Crippen LogP contribution in [0.1, 0.15) is 6.92 Å². The number of morpholine rings is 1. The maximum absolute atomic E-state index is 12.8. The molecule has 26 heavy (non-hydrogen) atoms. The van der Waals surface area contributed by atoms with Gasteiger partial charge in [-0.2, -0.15) is 8.61 Å². The van der Waals surface area contributed by atoms with E-state index in [9.17, 15) is 16.8 Å². The molecule has 0 N–H and O–H groups in total. The Balaban J connectivity index is 1.76. The number of nitrogens with zero attached hydrogens (tertiary/aromatic N) is 3. The molecule has 0 saturated carbocycles. The Labute approximate surface area is 155 Å². The maximum atomic E-state index is 12.8. The monoisotopic (exact) mass is 403 g/mol. The zero-order chi connectivity index (χ0) is 18.8. The summed E-state index contributed by atoms with van der Waals surface area (Å²) in [4.78, 5) is 2.43. The third kappa shape index (κ3) is 3.95. The molecule has 2 aliphatic heterocycles. The van der Waals surface area contributed by atoms with Gasteiger partial charge in [0, 0.05) is 39.3 Å². The lowest BCUT2D eigenvalue weighted by molar-refractivity contribution is 0.0730. The smallest absolute Gasteiger partial charge is 0.243 e. The summed E-state index contributed by atoms with van der Waals surface area (Å²) in [6, 6.07) is 5.52. The second-order valence-corrected chi connectivity index (χ2v) is 10.2. The van der Waals surface area contributed by atoms with Crippen LogP contribution < -0.4 is 0 Å². The number of rotatable bonds is 5. The summed E-state index contributed by atoms with van der Waals surface area (Å²) in [7, 11) is -7.22. The number of likely N-dealkylation sites (N-methyl/N-ethyl adjacent to an activating group) is 1. The quantitative estimate of drug-likeness (QED) is 0.690. The SMILES string of the molecule is CCN1CCN(S(=O)(=O)c2ccc(S(=O)(=O)N3CCOCC3)cc2)CC1. The van der Waals surface area contributed by atoms with Crippen molar-refractivity contribution in [2.24, 2.45) is 0 Å². The first-order valence-electron chi connectivity index (χ1n) is 8.76. The van der Waals surface area contributed by atoms with E-state index in [1.165, 1.54) is 32.9 Å². The van der Waals surface area contributed by atoms with Gasteiger partial charge < -0.3 is 9.64 Å². The average Bonchev–Trinajstić information content (AvgIpc) is 2.69. The van der Waals surface area contributed by atoms with E-state index < -0.39 is 20.0 Å². The fourth-order valence-corrected chi connectivity index (χ4v) is 5.98. The van der Waals surface area contributed by atoms with Crippen molar-refractivity contribution < 1.29 is 21.6 Å². The molecule has 2 heterocycles. The van der Waals surface area contributed by atoms with Crippen molar-refractivity contribution in [2.75, 3.05) is 59.0 Å². The molecule has 1 aromatic carbocycles. The van der Waals surface area contributed by atoms with Crippen LogP contribution in [0.2, 0.25) is 0 Å². The molecule has 2 fully saturated rings. The Morgan fingerprint density at radius 3 is 1.62 bits per heavy atom. The van der Waals surface area contributed by atoms with Crippen molar-refractivity contribution in [1.29, 1.82) is 0 Å². The van der Waals surface area contributed by atoms with Crippen molar-refractivity contribution in [2.45, 2.75) is 16.7 Å². The van der Waals surface area contributed by atoms with E-state index >= 15 is 0 Å². The predicted octanol–water partition coefficient (Wildman–Crippen LogP) is 0.0337. The van der Waals surface area contributed by atoms with Gasteiger partial charge in [0.25, 0.3) is 0 Å². The Kier molecular flexibility index (Phi) is 6.00. The number of benzene rings is 1. The van der Waals surface area contributed by atoms with E-state index in [0.29, 0.717) is 52.5 Å². The molecule has 8 nitrogen and oxygen atoms in total. The molecular formula is C16H25N3O5S2. The van der Waals surface area contributed by atoms with Gasteiger partial charge >= 0.3 is 0 Å². The molecule has 0 radical (unpaired) electrons. The highest BCUT2D eigenvalue weighted by molar-refractivity contribution is 7.89. The van der Waals surface area contributed by atoms with Gasteiger partial charge in [-0.15, -0.1) is 0 Å². The van der Waals surface area contributed by atoms with Crippen LogP contribution in [0.4, 0.5) is 0 Å². The zero-order valence-electron chi connectivity index (χ0n) is 14.9. The van der Waals surface area contributed by atoms with Gasteiger partial charge in [-0.05, 0) is 30.8 Å². The molecule has 0 atom stereocenters. The highest BCUT2D eigenvalue weighted by Crippen LogP contribution is 2.22. The van der Waals surface area contributed by atoms with Crippen LogP contribution in [0.3, 0.4) is 0 Å². The van der Waals surface area contributed by atoms with Gasteiger partial charge in [0.05, 0.1) is 23.0 Å². The number of ether oxygens (including phenoxy) is 1. The van der Waals surface area contributed by atoms with Gasteiger partial charge in [-0.25, -0.2) is 16.8 Å². The minimum atomic E-state index is -3.62. The lowest BCUT2D eigenvalue weighted by Crippen LogP contribution is -2.48. The third-order valence-corrected chi connectivity index (χ3v) is 8.67. The molecule has 146 valence electrons. The Bertz CT molecular complexity index is 810. The first-order chi connectivity index (χ1) is 12.4. The van der Waals surface area contributed by atoms with E-state index in [-0.39, 0.29) is 9.79 Å². The number of hydrogen-bond acceptors (Lipinski definition) is 6. The van der Waals surface area contributed by atoms with Crippen LogP contribution >= 0.6 is 0 Å². The summed E-state index contributed by atoms with van der Waals surface area (Å²) < 4.78 is 58.8. The molecule has 0 bridgehead atoms. The summed E-state index contributed by atoms with van der Waals surface area (Å²) in [6.45, 7) is 6.63. The first-order valence-corrected chi connectivity index (χ1v) is 11.6. The Morgan fingerprint density at radius 1 is 0.769 bits per heavy atom. The Morgan fingerprint density at radius 2 is 1.19 bits per heavy atom. The van der Waals surface area contributed by atoms with Crippen LogP contribution in [-0.2, 0) is 24.8 Å². The van der Waals surface area contributed by atoms with Crippen LogP contribution in [0.25, 0.3) is 0 Å². The number of sulfonamides is 2. The minimum Gasteiger partial charge on any atom is -0.379 e. The first kappa shape index (κ1) is 19.7. The highest BCUT2D eigenvalue weighted by atomic mass is 32.2. The van der Waals surface area contributed by atoms with Crippen LogP contribution in [0.5, 0.6) is 0 Å². The molecule has 3 rings (SSSR count). The van der Waals surface area contributed by atoms with E-state index in [4.69, 9.17) is 4.74 Å². The molecule has 2 aliphatic rings. The number of piperazine rings is 1. The molecule has 0 unspecified atom stereocenters. The second-order valence-electron chi connectivity index (χ2n) is 6.33. The van der Waals surface area contributed by atoms with Crippen molar-refractivity contribution >= 4 is 20.0 Å². The van der Waals surface area contributed by atoms with Gasteiger partial charge in [-0.1, -0.05) is 6.92 Å². The molecule has 0 spiro atoms. The van der Waals surface area contributed by atoms with Gasteiger partial charge in [0.2, 0.25) is 20.0 Å². The zero-order valence-corrected chi connectivity index (χ0v) is 16.5. The molecular weight excluding hydrogens is 378 g/mol. The number of hydrogen-bond donors (Lipinski definition) is 0. The molecule has 10 heteroatoms. The second kappa shape index (κ2) is 7.91. The lowest BCUT2D eigenvalue weighted by Gasteiger charge is -2.33. The van der Waals surface area contributed by atoms with Crippen LogP contribution in [-0.4, -0.2) is 89.4 Å². The summed E-state index contributed by atoms with van der Waals surface area (Å²) in [5.74, 6) is 0. The average molecular weight is 404 g/mol. The minimum absolute atomic E-state index is 0.106. The van der Waals surface area contributed by atoms with Gasteiger partial charge in [0.1, 0.15) is 0 Å². The lowest BCUT2D eigenvalue weighted by atomic mass is 10.4. The van der Waals surface area contributed by atoms with E-state index in [2.05, 4.69) is 11.8 Å². The predicted molar refractivity (Wildman–Crippen MR) is 96.9 cm³/mol. The summed E-state index contributed by atoms with van der Waals surface area (Å²) in [6.07, 6.45) is 0. The topological polar surface area (TPSA) is 87.2 Å². The van der Waals surface area contributed by atoms with Crippen molar-refractivity contribution in [3.8, 4) is 0 Å². The largest absolute Gasteiger partial charge is 0.379 e. The fraction of sp³-hybridized carbons (Fsp3) is 0.625. The van der Waals surface area contributed by atoms with Crippen LogP contribution in [0, 0.1) is 0 Å². The van der Waals surface area contributed by atoms with Gasteiger partial charge in [-0.3, -0.25) is 0 Å². The van der Waals surface area contributed by atoms with E-state index in [1.54, 1.807) is 0 Å². The summed E-state index contributed by atoms with van der Waals surface area (Å²) in [5, 5.41) is 0. The summed E-state index contributed by atoms with van der Waals surface area (Å²) >= 11 is 0. The van der Waals surface area contributed by atoms with E-state index in [1.807, 2.05) is 0 Å². The molecule has 0 amide bonds.